The molecule has 0 radical (unpaired) electrons. The molecule has 7 nitrogen and oxygen atoms in total. The van der Waals surface area contributed by atoms with Crippen LogP contribution in [0.15, 0.2) is 36.6 Å². The molecule has 166 valence electrons. The average molecular weight is 422 g/mol. The van der Waals surface area contributed by atoms with Crippen LogP contribution in [0, 0.1) is 12.3 Å². The first-order valence-electron chi connectivity index (χ1n) is 9.41. The van der Waals surface area contributed by atoms with Crippen molar-refractivity contribution in [2.75, 3.05) is 47.1 Å². The second kappa shape index (κ2) is 13.0. The van der Waals surface area contributed by atoms with E-state index in [1.165, 1.54) is 7.11 Å². The van der Waals surface area contributed by atoms with Crippen LogP contribution < -0.4 is 15.5 Å². The molecule has 1 heterocycles. The summed E-state index contributed by atoms with van der Waals surface area (Å²) in [5.41, 5.74) is 2.93. The topological polar surface area (TPSA) is 73.9 Å². The fourth-order valence-electron chi connectivity index (χ4n) is 2.83. The van der Waals surface area contributed by atoms with Crippen LogP contribution in [0.3, 0.4) is 0 Å². The minimum absolute atomic E-state index is 0.0706. The summed E-state index contributed by atoms with van der Waals surface area (Å²) in [5, 5.41) is 3.03. The Kier molecular flexibility index (Phi) is 11.1. The zero-order valence-corrected chi connectivity index (χ0v) is 18.3. The van der Waals surface area contributed by atoms with Crippen molar-refractivity contribution < 1.29 is 23.4 Å². The van der Waals surface area contributed by atoms with Crippen molar-refractivity contribution in [2.24, 2.45) is 0 Å². The van der Waals surface area contributed by atoms with Gasteiger partial charge in [0.1, 0.15) is 25.0 Å². The summed E-state index contributed by atoms with van der Waals surface area (Å²) < 4.78 is 29.9. The molecule has 2 N–H and O–H groups in total. The lowest BCUT2D eigenvalue weighted by Crippen LogP contribution is -2.34. The van der Waals surface area contributed by atoms with E-state index in [9.17, 15) is 4.39 Å². The van der Waals surface area contributed by atoms with Crippen LogP contribution in [-0.4, -0.2) is 58.5 Å². The zero-order valence-electron chi connectivity index (χ0n) is 18.3. The summed E-state index contributed by atoms with van der Waals surface area (Å²) >= 11 is 0. The van der Waals surface area contributed by atoms with Crippen molar-refractivity contribution in [3.8, 4) is 18.1 Å². The second-order valence-corrected chi connectivity index (χ2v) is 6.77. The maximum absolute atomic E-state index is 13.5. The molecule has 0 aliphatic carbocycles. The first-order valence-corrected chi connectivity index (χ1v) is 9.41. The van der Waals surface area contributed by atoms with E-state index in [0.29, 0.717) is 23.6 Å². The van der Waals surface area contributed by atoms with Crippen LogP contribution >= 0.6 is 0 Å². The molecule has 8 heteroatoms. The van der Waals surface area contributed by atoms with Crippen LogP contribution in [0.5, 0.6) is 5.75 Å². The SMILES string of the molecule is C#CC(c1cc(OC)cnc1NC)C(OC)C(=C)/C=C\CC(C)(CF)OCNOC. The van der Waals surface area contributed by atoms with Gasteiger partial charge in [0.25, 0.3) is 0 Å². The van der Waals surface area contributed by atoms with E-state index < -0.39 is 24.3 Å². The highest BCUT2D eigenvalue weighted by atomic mass is 19.1. The maximum atomic E-state index is 13.5. The van der Waals surface area contributed by atoms with E-state index in [1.807, 2.05) is 6.07 Å². The van der Waals surface area contributed by atoms with Crippen LogP contribution in [-0.2, 0) is 14.3 Å². The number of ether oxygens (including phenoxy) is 3. The zero-order chi connectivity index (χ0) is 22.6. The third-order valence-electron chi connectivity index (χ3n) is 4.59. The van der Waals surface area contributed by atoms with Gasteiger partial charge in [-0.05, 0) is 25.0 Å². The molecule has 0 aliphatic heterocycles. The van der Waals surface area contributed by atoms with Gasteiger partial charge in [-0.15, -0.1) is 6.42 Å². The van der Waals surface area contributed by atoms with Crippen molar-refractivity contribution in [3.63, 3.8) is 0 Å². The second-order valence-electron chi connectivity index (χ2n) is 6.77. The van der Waals surface area contributed by atoms with Crippen molar-refractivity contribution in [2.45, 2.75) is 31.0 Å². The molecule has 0 fully saturated rings. The number of nitrogens with zero attached hydrogens (tertiary/aromatic N) is 1. The van der Waals surface area contributed by atoms with Gasteiger partial charge in [0, 0.05) is 19.7 Å². The molecule has 3 unspecified atom stereocenters. The molecule has 1 rings (SSSR count). The number of hydrogen-bond acceptors (Lipinski definition) is 7. The monoisotopic (exact) mass is 421 g/mol. The first-order chi connectivity index (χ1) is 14.4. The molecule has 3 atom stereocenters. The number of terminal acetylenes is 1. The third-order valence-corrected chi connectivity index (χ3v) is 4.59. The van der Waals surface area contributed by atoms with Crippen molar-refractivity contribution in [3.05, 3.63) is 42.1 Å². The van der Waals surface area contributed by atoms with Crippen LogP contribution in [0.25, 0.3) is 0 Å². The maximum Gasteiger partial charge on any atom is 0.137 e. The Morgan fingerprint density at radius 2 is 2.17 bits per heavy atom. The number of hydroxylamine groups is 1. The van der Waals surface area contributed by atoms with E-state index >= 15 is 0 Å². The Labute approximate surface area is 178 Å². The van der Waals surface area contributed by atoms with Gasteiger partial charge in [-0.3, -0.25) is 0 Å². The molecule has 1 aromatic rings. The number of nitrogens with one attached hydrogen (secondary N) is 2. The predicted molar refractivity (Wildman–Crippen MR) is 116 cm³/mol. The summed E-state index contributed by atoms with van der Waals surface area (Å²) in [6, 6.07) is 1.82. The van der Waals surface area contributed by atoms with Gasteiger partial charge in [-0.1, -0.05) is 24.7 Å². The summed E-state index contributed by atoms with van der Waals surface area (Å²) in [6.07, 6.45) is 10.8. The fourth-order valence-corrected chi connectivity index (χ4v) is 2.83. The Bertz CT molecular complexity index is 750. The number of aromatic nitrogens is 1. The molecule has 0 bridgehead atoms. The number of rotatable bonds is 14. The molecule has 0 aliphatic rings. The van der Waals surface area contributed by atoms with Gasteiger partial charge < -0.3 is 24.4 Å². The quantitative estimate of drug-likeness (QED) is 0.157. The van der Waals surface area contributed by atoms with Crippen LogP contribution in [0.4, 0.5) is 10.2 Å². The highest BCUT2D eigenvalue weighted by Gasteiger charge is 2.27. The summed E-state index contributed by atoms with van der Waals surface area (Å²) in [5.74, 6) is 3.51. The van der Waals surface area contributed by atoms with Crippen molar-refractivity contribution in [1.82, 2.24) is 10.5 Å². The highest BCUT2D eigenvalue weighted by molar-refractivity contribution is 5.52. The number of methoxy groups -OCH3 is 2. The lowest BCUT2D eigenvalue weighted by atomic mass is 9.89. The summed E-state index contributed by atoms with van der Waals surface area (Å²) in [7, 11) is 6.35. The smallest absolute Gasteiger partial charge is 0.137 e. The van der Waals surface area contributed by atoms with Crippen molar-refractivity contribution >= 4 is 5.82 Å². The number of hydrogen-bond donors (Lipinski definition) is 2. The minimum Gasteiger partial charge on any atom is -0.495 e. The number of halogens is 1. The molecular weight excluding hydrogens is 389 g/mol. The minimum atomic E-state index is -0.994. The molecular formula is C22H32FN3O4. The molecule has 0 saturated carbocycles. The van der Waals surface area contributed by atoms with Gasteiger partial charge in [0.2, 0.25) is 0 Å². The summed E-state index contributed by atoms with van der Waals surface area (Å²) in [6.45, 7) is 5.18. The third kappa shape index (κ3) is 7.11. The van der Waals surface area contributed by atoms with Crippen LogP contribution in [0.1, 0.15) is 24.8 Å². The molecule has 0 spiro atoms. The Balaban J connectivity index is 3.00. The number of pyridine rings is 1. The van der Waals surface area contributed by atoms with Gasteiger partial charge in [-0.25, -0.2) is 9.37 Å². The van der Waals surface area contributed by atoms with E-state index in [-0.39, 0.29) is 6.73 Å². The van der Waals surface area contributed by atoms with Gasteiger partial charge in [0.15, 0.2) is 0 Å². The highest BCUT2D eigenvalue weighted by Crippen LogP contribution is 2.32. The Morgan fingerprint density at radius 1 is 1.43 bits per heavy atom. The Morgan fingerprint density at radius 3 is 2.70 bits per heavy atom. The average Bonchev–Trinajstić information content (AvgIpc) is 2.76. The van der Waals surface area contributed by atoms with Crippen LogP contribution in [0.2, 0.25) is 0 Å². The van der Waals surface area contributed by atoms with E-state index in [4.69, 9.17) is 25.5 Å². The molecule has 0 amide bonds. The standard InChI is InChI=1S/C22H32FN3O4/c1-8-18(19-12-17(27-5)13-25-21(19)24-4)20(28-6)16(2)10-9-11-22(3,14-23)30-15-26-29-7/h1,9-10,12-13,18,20,26H,2,11,14-15H2,3-7H3,(H,24,25)/b10-9-. The molecule has 0 aromatic carbocycles. The molecule has 30 heavy (non-hydrogen) atoms. The van der Waals surface area contributed by atoms with E-state index in [2.05, 4.69) is 28.3 Å². The largest absolute Gasteiger partial charge is 0.495 e. The number of anilines is 1. The van der Waals surface area contributed by atoms with Gasteiger partial charge in [-0.2, -0.15) is 5.48 Å². The predicted octanol–water partition coefficient (Wildman–Crippen LogP) is 3.22. The fraction of sp³-hybridized carbons (Fsp3) is 0.500. The first kappa shape index (κ1) is 25.6. The van der Waals surface area contributed by atoms with Gasteiger partial charge >= 0.3 is 0 Å². The summed E-state index contributed by atoms with van der Waals surface area (Å²) in [4.78, 5) is 9.05. The van der Waals surface area contributed by atoms with E-state index in [0.717, 1.165) is 5.56 Å². The van der Waals surface area contributed by atoms with Gasteiger partial charge in [0.05, 0.1) is 38.0 Å². The number of alkyl halides is 1. The normalized spacial score (nSPS) is 15.2. The molecule has 0 saturated heterocycles. The van der Waals surface area contributed by atoms with Crippen molar-refractivity contribution in [1.29, 1.82) is 0 Å². The van der Waals surface area contributed by atoms with E-state index in [1.54, 1.807) is 46.5 Å². The lowest BCUT2D eigenvalue weighted by Gasteiger charge is -2.26. The lowest BCUT2D eigenvalue weighted by molar-refractivity contribution is -0.0963. The Hall–Kier alpha value is -2.44. The molecule has 1 aromatic heterocycles.